The number of hydrogen-bond acceptors (Lipinski definition) is 7. The van der Waals surface area contributed by atoms with E-state index >= 15 is 0 Å². The van der Waals surface area contributed by atoms with Crippen LogP contribution in [0.2, 0.25) is 0 Å². The molecule has 8 aromatic rings. The van der Waals surface area contributed by atoms with Gasteiger partial charge >= 0.3 is 0 Å². The molecule has 0 aliphatic carbocycles. The molecule has 0 amide bonds. The number of benzene rings is 5. The van der Waals surface area contributed by atoms with E-state index in [0.717, 1.165) is 22.3 Å². The minimum atomic E-state index is 0.0579. The first kappa shape index (κ1) is 32.1. The van der Waals surface area contributed by atoms with Gasteiger partial charge in [-0.15, -0.1) is 22.7 Å². The fourth-order valence-electron chi connectivity index (χ4n) is 9.82. The summed E-state index contributed by atoms with van der Waals surface area (Å²) in [5, 5.41) is 2.30. The Hall–Kier alpha value is -5.21. The van der Waals surface area contributed by atoms with Gasteiger partial charge in [0.25, 0.3) is 13.4 Å². The van der Waals surface area contributed by atoms with E-state index in [0.29, 0.717) is 0 Å². The minimum absolute atomic E-state index is 0.0579. The zero-order valence-corrected chi connectivity index (χ0v) is 33.8. The van der Waals surface area contributed by atoms with Crippen LogP contribution in [0.3, 0.4) is 0 Å². The van der Waals surface area contributed by atoms with E-state index < -0.39 is 0 Å². The molecule has 0 radical (unpaired) electrons. The van der Waals surface area contributed by atoms with E-state index in [9.17, 15) is 0 Å². The van der Waals surface area contributed by atoms with Crippen molar-refractivity contribution in [2.75, 3.05) is 9.80 Å². The summed E-state index contributed by atoms with van der Waals surface area (Å²) in [6.45, 7) is 13.5. The molecule has 7 heterocycles. The molecule has 0 unspecified atom stereocenters. The highest BCUT2D eigenvalue weighted by Crippen LogP contribution is 2.51. The molecule has 0 saturated heterocycles. The second-order valence-corrected chi connectivity index (χ2v) is 18.9. The minimum Gasteiger partial charge on any atom is -0.456 e. The van der Waals surface area contributed by atoms with E-state index in [1.807, 2.05) is 22.7 Å². The van der Waals surface area contributed by atoms with Gasteiger partial charge in [-0.3, -0.25) is 0 Å². The highest BCUT2D eigenvalue weighted by Gasteiger charge is 2.49. The molecule has 0 spiro atoms. The Morgan fingerprint density at radius 3 is 1.82 bits per heavy atom. The van der Waals surface area contributed by atoms with Crippen LogP contribution in [-0.2, 0) is 0 Å². The molecule has 0 saturated carbocycles. The predicted octanol–water partition coefficient (Wildman–Crippen LogP) is 9.69. The van der Waals surface area contributed by atoms with Crippen LogP contribution in [0.5, 0.6) is 22.3 Å². The molecule has 55 heavy (non-hydrogen) atoms. The number of aryl methyl sites for hydroxylation is 5. The van der Waals surface area contributed by atoms with Gasteiger partial charge in [0.15, 0.2) is 10.8 Å². The van der Waals surface area contributed by atoms with Gasteiger partial charge in [-0.2, -0.15) is 0 Å². The van der Waals surface area contributed by atoms with E-state index in [1.54, 1.807) is 11.3 Å². The van der Waals surface area contributed by atoms with Crippen molar-refractivity contribution >= 4 is 122 Å². The van der Waals surface area contributed by atoms with Crippen LogP contribution in [0.1, 0.15) is 32.7 Å². The summed E-state index contributed by atoms with van der Waals surface area (Å²) in [7, 11) is 0. The SMILES string of the molecule is Cc1cc(C)cc(N2c3ccccc3B3c4sc5c6c(sc5c4Oc4cccc2c43)Oc2cccc3c2B6c2c(sc(C)c2C)N3c2cc(C)cc(C)c2)c1. The van der Waals surface area contributed by atoms with Gasteiger partial charge in [-0.25, -0.2) is 0 Å². The maximum atomic E-state index is 7.11. The summed E-state index contributed by atoms with van der Waals surface area (Å²) in [5.41, 5.74) is 18.9. The van der Waals surface area contributed by atoms with Crippen LogP contribution in [0, 0.1) is 41.5 Å². The number of para-hydroxylation sites is 1. The van der Waals surface area contributed by atoms with Crippen LogP contribution in [0.25, 0.3) is 9.40 Å². The quantitative estimate of drug-likeness (QED) is 0.164. The van der Waals surface area contributed by atoms with E-state index in [2.05, 4.69) is 148 Å². The lowest BCUT2D eigenvalue weighted by Crippen LogP contribution is -2.59. The molecule has 264 valence electrons. The largest absolute Gasteiger partial charge is 0.456 e. The second kappa shape index (κ2) is 11.2. The highest BCUT2D eigenvalue weighted by atomic mass is 32.1. The van der Waals surface area contributed by atoms with Gasteiger partial charge in [0, 0.05) is 48.3 Å². The number of ether oxygens (including phenoxy) is 2. The normalized spacial score (nSPS) is 14.1. The Bertz CT molecular complexity index is 2970. The molecule has 0 bridgehead atoms. The molecule has 0 atom stereocenters. The Morgan fingerprint density at radius 1 is 0.509 bits per heavy atom. The summed E-state index contributed by atoms with van der Waals surface area (Å²) in [6, 6.07) is 35.9. The van der Waals surface area contributed by atoms with Crippen molar-refractivity contribution in [2.45, 2.75) is 41.5 Å². The molecule has 0 N–H and O–H groups in total. The summed E-state index contributed by atoms with van der Waals surface area (Å²) in [4.78, 5) is 6.29. The van der Waals surface area contributed by atoms with Crippen LogP contribution < -0.4 is 51.4 Å². The first-order chi connectivity index (χ1) is 26.7. The van der Waals surface area contributed by atoms with Crippen LogP contribution in [0.15, 0.2) is 97.1 Å². The third-order valence-electron chi connectivity index (χ3n) is 11.9. The topological polar surface area (TPSA) is 24.9 Å². The maximum absolute atomic E-state index is 7.11. The van der Waals surface area contributed by atoms with Gasteiger partial charge in [-0.1, -0.05) is 53.8 Å². The predicted molar refractivity (Wildman–Crippen MR) is 238 cm³/mol. The molecule has 4 aliphatic rings. The van der Waals surface area contributed by atoms with Gasteiger partial charge in [0.2, 0.25) is 0 Å². The summed E-state index contributed by atoms with van der Waals surface area (Å²) >= 11 is 5.58. The smallest absolute Gasteiger partial charge is 0.268 e. The number of hydrogen-bond donors (Lipinski definition) is 0. The summed E-state index contributed by atoms with van der Waals surface area (Å²) in [5.74, 6) is 2.87. The van der Waals surface area contributed by atoms with Crippen molar-refractivity contribution in [1.82, 2.24) is 0 Å². The van der Waals surface area contributed by atoms with Gasteiger partial charge in [-0.05, 0) is 146 Å². The number of nitrogens with zero attached hydrogens (tertiary/aromatic N) is 2. The molecular weight excluding hydrogens is 730 g/mol. The molecule has 4 nitrogen and oxygen atoms in total. The maximum Gasteiger partial charge on any atom is 0.268 e. The van der Waals surface area contributed by atoms with Crippen molar-refractivity contribution in [3.8, 4) is 22.3 Å². The first-order valence-corrected chi connectivity index (χ1v) is 21.3. The fourth-order valence-corrected chi connectivity index (χ4v) is 13.9. The average Bonchev–Trinajstić information content (AvgIpc) is 3.79. The zero-order chi connectivity index (χ0) is 37.0. The zero-order valence-electron chi connectivity index (χ0n) is 31.3. The Kier molecular flexibility index (Phi) is 6.53. The molecule has 4 aliphatic heterocycles. The third-order valence-corrected chi connectivity index (χ3v) is 15.6. The van der Waals surface area contributed by atoms with Crippen LogP contribution in [0.4, 0.5) is 33.4 Å². The lowest BCUT2D eigenvalue weighted by molar-refractivity contribution is 0.495. The van der Waals surface area contributed by atoms with Crippen molar-refractivity contribution in [3.05, 3.63) is 130 Å². The highest BCUT2D eigenvalue weighted by molar-refractivity contribution is 7.39. The Labute approximate surface area is 333 Å². The standard InChI is InChI=1S/C46H34B2N2O2S3/c1-23-17-24(2)20-29(19-23)49-32-12-8-7-11-31(32)47-38-33(49)13-9-15-35(38)51-41-43-42(54-44(41)47)40-46(55-43)52-36-16-10-14-34-39(36)48(40)37-27(5)28(6)53-45(37)50(34)30-21-25(3)18-26(4)22-30/h7-22H,1-6H3. The van der Waals surface area contributed by atoms with Crippen molar-refractivity contribution in [3.63, 3.8) is 0 Å². The Morgan fingerprint density at radius 2 is 1.11 bits per heavy atom. The van der Waals surface area contributed by atoms with E-state index in [1.165, 1.54) is 108 Å². The number of anilines is 6. The number of rotatable bonds is 2. The molecule has 0 fully saturated rings. The van der Waals surface area contributed by atoms with Crippen molar-refractivity contribution in [1.29, 1.82) is 0 Å². The fraction of sp³-hybridized carbons (Fsp3) is 0.130. The molecule has 9 heteroatoms. The van der Waals surface area contributed by atoms with Gasteiger partial charge in [0.1, 0.15) is 11.5 Å². The van der Waals surface area contributed by atoms with E-state index in [-0.39, 0.29) is 13.4 Å². The van der Waals surface area contributed by atoms with Crippen LogP contribution in [-0.4, -0.2) is 13.4 Å². The lowest BCUT2D eigenvalue weighted by Gasteiger charge is -2.39. The summed E-state index contributed by atoms with van der Waals surface area (Å²) in [6.07, 6.45) is 0. The Balaban J connectivity index is 1.09. The van der Waals surface area contributed by atoms with Crippen LogP contribution >= 0.6 is 34.0 Å². The molecular formula is C46H34B2N2O2S3. The van der Waals surface area contributed by atoms with E-state index in [4.69, 9.17) is 9.47 Å². The van der Waals surface area contributed by atoms with Gasteiger partial charge in [0.05, 0.1) is 9.70 Å². The van der Waals surface area contributed by atoms with Gasteiger partial charge < -0.3 is 19.3 Å². The number of thiophene rings is 3. The number of fused-ring (bicyclic) bond motifs is 11. The molecule has 5 aromatic carbocycles. The van der Waals surface area contributed by atoms with Crippen molar-refractivity contribution < 1.29 is 9.47 Å². The lowest BCUT2D eigenvalue weighted by atomic mass is 9.34. The third kappa shape index (κ3) is 4.29. The summed E-state index contributed by atoms with van der Waals surface area (Å²) < 4.78 is 17.8. The average molecular weight is 765 g/mol. The monoisotopic (exact) mass is 764 g/mol. The molecule has 12 rings (SSSR count). The molecule has 3 aromatic heterocycles. The first-order valence-electron chi connectivity index (χ1n) is 18.9. The van der Waals surface area contributed by atoms with Crippen molar-refractivity contribution in [2.24, 2.45) is 0 Å². The second-order valence-electron chi connectivity index (χ2n) is 15.6.